The monoisotopic (exact) mass is 275 g/mol. The smallest absolute Gasteiger partial charge is 0.298 e. The summed E-state index contributed by atoms with van der Waals surface area (Å²) in [5.41, 5.74) is -0.132. The van der Waals surface area contributed by atoms with Crippen LogP contribution in [0.3, 0.4) is 0 Å². The number of amides is 1. The number of likely N-dealkylation sites (tertiary alicyclic amines) is 1. The van der Waals surface area contributed by atoms with E-state index in [-0.39, 0.29) is 11.3 Å². The summed E-state index contributed by atoms with van der Waals surface area (Å²) in [7, 11) is 0. The number of nitrogens with zero attached hydrogens (tertiary/aromatic N) is 4. The molecule has 1 fully saturated rings. The first-order valence-electron chi connectivity index (χ1n) is 6.98. The number of nitrogens with one attached hydrogen (secondary N) is 1. The molecular formula is C14H21N5O. The van der Waals surface area contributed by atoms with E-state index < -0.39 is 0 Å². The first kappa shape index (κ1) is 14.5. The van der Waals surface area contributed by atoms with Crippen LogP contribution in [0.15, 0.2) is 0 Å². The molecule has 0 aromatic carbocycles. The van der Waals surface area contributed by atoms with Crippen LogP contribution in [-0.4, -0.2) is 44.5 Å². The lowest BCUT2D eigenvalue weighted by molar-refractivity contribution is -0.126. The molecule has 1 amide bonds. The maximum Gasteiger partial charge on any atom is 0.298 e. The van der Waals surface area contributed by atoms with Crippen molar-refractivity contribution in [2.75, 3.05) is 13.1 Å². The van der Waals surface area contributed by atoms with Crippen LogP contribution < -0.4 is 0 Å². The van der Waals surface area contributed by atoms with Gasteiger partial charge in [0, 0.05) is 24.9 Å². The molecular weight excluding hydrogens is 254 g/mol. The van der Waals surface area contributed by atoms with Gasteiger partial charge in [-0.2, -0.15) is 5.21 Å². The Morgan fingerprint density at radius 3 is 2.65 bits per heavy atom. The normalized spacial score (nSPS) is 16.6. The Bertz CT molecular complexity index is 498. The van der Waals surface area contributed by atoms with Crippen molar-refractivity contribution in [3.8, 4) is 11.8 Å². The number of hydrogen-bond acceptors (Lipinski definition) is 4. The highest BCUT2D eigenvalue weighted by atomic mass is 16.2. The predicted octanol–water partition coefficient (Wildman–Crippen LogP) is 1.03. The number of carbonyl (C=O) groups excluding carboxylic acids is 1. The fraction of sp³-hybridized carbons (Fsp3) is 0.714. The molecule has 6 heteroatoms. The number of tetrazole rings is 1. The maximum absolute atomic E-state index is 12.0. The van der Waals surface area contributed by atoms with Crippen LogP contribution in [0.4, 0.5) is 0 Å². The van der Waals surface area contributed by atoms with Gasteiger partial charge < -0.3 is 4.90 Å². The molecule has 2 rings (SSSR count). The zero-order chi connectivity index (χ0) is 14.6. The van der Waals surface area contributed by atoms with Gasteiger partial charge in [0.1, 0.15) is 0 Å². The van der Waals surface area contributed by atoms with Crippen LogP contribution >= 0.6 is 0 Å². The highest BCUT2D eigenvalue weighted by molar-refractivity contribution is 5.93. The molecule has 0 unspecified atom stereocenters. The number of rotatable bonds is 2. The largest absolute Gasteiger partial charge is 0.332 e. The van der Waals surface area contributed by atoms with Gasteiger partial charge in [0.15, 0.2) is 5.82 Å². The van der Waals surface area contributed by atoms with Gasteiger partial charge in [-0.25, -0.2) is 0 Å². The summed E-state index contributed by atoms with van der Waals surface area (Å²) < 4.78 is 0. The Labute approximate surface area is 119 Å². The zero-order valence-electron chi connectivity index (χ0n) is 12.3. The lowest BCUT2D eigenvalue weighted by Gasteiger charge is -2.30. The van der Waals surface area contributed by atoms with Gasteiger partial charge in [0.2, 0.25) is 0 Å². The Balaban J connectivity index is 1.81. The third-order valence-electron chi connectivity index (χ3n) is 3.31. The lowest BCUT2D eigenvalue weighted by Crippen LogP contribution is -2.38. The van der Waals surface area contributed by atoms with E-state index >= 15 is 0 Å². The maximum atomic E-state index is 12.0. The highest BCUT2D eigenvalue weighted by Gasteiger charge is 2.23. The van der Waals surface area contributed by atoms with Crippen molar-refractivity contribution in [2.45, 2.75) is 40.0 Å². The summed E-state index contributed by atoms with van der Waals surface area (Å²) in [6, 6.07) is 0. The van der Waals surface area contributed by atoms with Crippen LogP contribution in [0.1, 0.15) is 39.4 Å². The first-order valence-corrected chi connectivity index (χ1v) is 6.98. The van der Waals surface area contributed by atoms with Crippen LogP contribution in [-0.2, 0) is 11.2 Å². The SMILES string of the molecule is CC(C)(C)C#CC(=O)N1CCC(Cc2nn[nH]n2)CC1. The Hall–Kier alpha value is -1.90. The Morgan fingerprint density at radius 2 is 2.10 bits per heavy atom. The van der Waals surface area contributed by atoms with Gasteiger partial charge in [0.05, 0.1) is 0 Å². The van der Waals surface area contributed by atoms with E-state index in [2.05, 4.69) is 32.5 Å². The number of carbonyl (C=O) groups is 1. The number of hydrogen-bond donors (Lipinski definition) is 1. The second-order valence-corrected chi connectivity index (χ2v) is 6.27. The average Bonchev–Trinajstić information content (AvgIpc) is 2.89. The summed E-state index contributed by atoms with van der Waals surface area (Å²) >= 11 is 0. The third-order valence-corrected chi connectivity index (χ3v) is 3.31. The van der Waals surface area contributed by atoms with E-state index in [1.165, 1.54) is 0 Å². The van der Waals surface area contributed by atoms with Crippen molar-refractivity contribution >= 4 is 5.91 Å². The number of aromatic amines is 1. The van der Waals surface area contributed by atoms with E-state index in [4.69, 9.17) is 0 Å². The molecule has 0 saturated carbocycles. The van der Waals surface area contributed by atoms with E-state index in [1.807, 2.05) is 25.7 Å². The molecule has 0 spiro atoms. The number of aromatic nitrogens is 4. The second-order valence-electron chi connectivity index (χ2n) is 6.27. The predicted molar refractivity (Wildman–Crippen MR) is 74.4 cm³/mol. The van der Waals surface area contributed by atoms with Crippen molar-refractivity contribution in [1.29, 1.82) is 0 Å². The molecule has 108 valence electrons. The minimum Gasteiger partial charge on any atom is -0.332 e. The lowest BCUT2D eigenvalue weighted by atomic mass is 9.93. The van der Waals surface area contributed by atoms with Gasteiger partial charge in [0.25, 0.3) is 5.91 Å². The second kappa shape index (κ2) is 6.04. The van der Waals surface area contributed by atoms with E-state index in [0.29, 0.717) is 5.92 Å². The summed E-state index contributed by atoms with van der Waals surface area (Å²) in [6.45, 7) is 7.54. The van der Waals surface area contributed by atoms with Crippen molar-refractivity contribution in [2.24, 2.45) is 11.3 Å². The van der Waals surface area contributed by atoms with Gasteiger partial charge in [-0.15, -0.1) is 10.2 Å². The van der Waals surface area contributed by atoms with Gasteiger partial charge in [-0.3, -0.25) is 4.79 Å². The molecule has 0 bridgehead atoms. The Kier molecular flexibility index (Phi) is 4.38. The molecule has 0 radical (unpaired) electrons. The van der Waals surface area contributed by atoms with Crippen molar-refractivity contribution in [3.05, 3.63) is 5.82 Å². The number of piperidine rings is 1. The molecule has 1 N–H and O–H groups in total. The van der Waals surface area contributed by atoms with Crippen LogP contribution in [0.5, 0.6) is 0 Å². The molecule has 1 saturated heterocycles. The van der Waals surface area contributed by atoms with E-state index in [1.54, 1.807) is 0 Å². The van der Waals surface area contributed by atoms with Crippen molar-refractivity contribution in [3.63, 3.8) is 0 Å². The Morgan fingerprint density at radius 1 is 1.40 bits per heavy atom. The summed E-state index contributed by atoms with van der Waals surface area (Å²) in [5, 5.41) is 14.0. The molecule has 20 heavy (non-hydrogen) atoms. The fourth-order valence-electron chi connectivity index (χ4n) is 2.19. The first-order chi connectivity index (χ1) is 9.44. The molecule has 1 aromatic heterocycles. The van der Waals surface area contributed by atoms with Crippen LogP contribution in [0.2, 0.25) is 0 Å². The molecule has 1 aliphatic rings. The summed E-state index contributed by atoms with van der Waals surface area (Å²) in [6.07, 6.45) is 2.77. The van der Waals surface area contributed by atoms with Gasteiger partial charge in [-0.1, -0.05) is 11.1 Å². The zero-order valence-corrected chi connectivity index (χ0v) is 12.3. The molecule has 1 aliphatic heterocycles. The van der Waals surface area contributed by atoms with E-state index in [0.717, 1.165) is 38.2 Å². The molecule has 2 heterocycles. The minimum absolute atomic E-state index is 0.0575. The van der Waals surface area contributed by atoms with Crippen molar-refractivity contribution in [1.82, 2.24) is 25.5 Å². The minimum atomic E-state index is -0.132. The highest BCUT2D eigenvalue weighted by Crippen LogP contribution is 2.20. The van der Waals surface area contributed by atoms with Crippen molar-refractivity contribution < 1.29 is 4.79 Å². The fourth-order valence-corrected chi connectivity index (χ4v) is 2.19. The molecule has 6 nitrogen and oxygen atoms in total. The summed E-state index contributed by atoms with van der Waals surface area (Å²) in [4.78, 5) is 13.8. The summed E-state index contributed by atoms with van der Waals surface area (Å²) in [5.74, 6) is 6.96. The van der Waals surface area contributed by atoms with E-state index in [9.17, 15) is 4.79 Å². The van der Waals surface area contributed by atoms with Gasteiger partial charge in [-0.05, 0) is 45.5 Å². The standard InChI is InChI=1S/C14H21N5O/c1-14(2,3)7-4-13(20)19-8-5-11(6-9-19)10-12-15-17-18-16-12/h11H,5-6,8-10H2,1-3H3,(H,15,16,17,18). The number of H-pyrrole nitrogens is 1. The van der Waals surface area contributed by atoms with Gasteiger partial charge >= 0.3 is 0 Å². The average molecular weight is 275 g/mol. The van der Waals surface area contributed by atoms with Crippen LogP contribution in [0.25, 0.3) is 0 Å². The van der Waals surface area contributed by atoms with Crippen LogP contribution in [0, 0.1) is 23.2 Å². The third kappa shape index (κ3) is 4.34. The molecule has 1 aromatic rings. The quantitative estimate of drug-likeness (QED) is 0.818. The molecule has 0 atom stereocenters. The topological polar surface area (TPSA) is 74.8 Å². The molecule has 0 aliphatic carbocycles.